The van der Waals surface area contributed by atoms with Gasteiger partial charge in [0.25, 0.3) is 0 Å². The molecule has 0 atom stereocenters. The largest absolute Gasteiger partial charge is 0.493 e. The molecular weight excluding hydrogens is 287 g/mol. The molecule has 0 N–H and O–H groups in total. The second-order valence-corrected chi connectivity index (χ2v) is 5.64. The van der Waals surface area contributed by atoms with Crippen LogP contribution in [0.25, 0.3) is 0 Å². The fourth-order valence-corrected chi connectivity index (χ4v) is 2.75. The molecule has 1 aromatic rings. The summed E-state index contributed by atoms with van der Waals surface area (Å²) in [6.07, 6.45) is 1.74. The standard InChI is InChI=1S/C14H14Cl2O3/c15-10-5-11(16)7-14(6-10)19-2-1-9-3-12(17)8-13(18)4-9/h5-7,9H,1-4,8H2. The van der Waals surface area contributed by atoms with E-state index in [1.807, 2.05) is 0 Å². The normalized spacial score (nSPS) is 16.7. The van der Waals surface area contributed by atoms with Crippen LogP contribution in [0.3, 0.4) is 0 Å². The summed E-state index contributed by atoms with van der Waals surface area (Å²) in [4.78, 5) is 22.6. The maximum absolute atomic E-state index is 11.3. The lowest BCUT2D eigenvalue weighted by atomic mass is 9.85. The molecule has 0 radical (unpaired) electrons. The fraction of sp³-hybridized carbons (Fsp3) is 0.429. The Labute approximate surface area is 121 Å². The molecule has 1 aliphatic rings. The molecule has 0 aliphatic heterocycles. The molecule has 0 saturated heterocycles. The van der Waals surface area contributed by atoms with Crippen LogP contribution in [0.1, 0.15) is 25.7 Å². The molecule has 0 bridgehead atoms. The van der Waals surface area contributed by atoms with E-state index in [0.717, 1.165) is 0 Å². The predicted molar refractivity (Wildman–Crippen MR) is 73.9 cm³/mol. The van der Waals surface area contributed by atoms with Crippen molar-refractivity contribution in [3.63, 3.8) is 0 Å². The molecule has 19 heavy (non-hydrogen) atoms. The number of ether oxygens (including phenoxy) is 1. The molecule has 0 spiro atoms. The fourth-order valence-electron chi connectivity index (χ4n) is 2.24. The van der Waals surface area contributed by atoms with Crippen LogP contribution >= 0.6 is 23.2 Å². The van der Waals surface area contributed by atoms with Crippen molar-refractivity contribution in [2.45, 2.75) is 25.7 Å². The van der Waals surface area contributed by atoms with Gasteiger partial charge in [0.05, 0.1) is 13.0 Å². The van der Waals surface area contributed by atoms with Gasteiger partial charge in [0.1, 0.15) is 17.3 Å². The minimum atomic E-state index is 0.0343. The minimum Gasteiger partial charge on any atom is -0.493 e. The van der Waals surface area contributed by atoms with Gasteiger partial charge in [0.15, 0.2) is 0 Å². The van der Waals surface area contributed by atoms with E-state index in [0.29, 0.717) is 41.7 Å². The third-order valence-corrected chi connectivity index (χ3v) is 3.49. The Morgan fingerprint density at radius 1 is 1.05 bits per heavy atom. The van der Waals surface area contributed by atoms with Crippen molar-refractivity contribution in [3.05, 3.63) is 28.2 Å². The van der Waals surface area contributed by atoms with E-state index in [-0.39, 0.29) is 23.9 Å². The van der Waals surface area contributed by atoms with Gasteiger partial charge in [-0.05, 0) is 30.5 Å². The van der Waals surface area contributed by atoms with Crippen LogP contribution in [-0.4, -0.2) is 18.2 Å². The zero-order valence-corrected chi connectivity index (χ0v) is 11.8. The Hall–Kier alpha value is -1.06. The monoisotopic (exact) mass is 300 g/mol. The molecule has 2 rings (SSSR count). The zero-order valence-electron chi connectivity index (χ0n) is 10.3. The van der Waals surface area contributed by atoms with E-state index >= 15 is 0 Å². The molecule has 102 valence electrons. The van der Waals surface area contributed by atoms with Crippen LogP contribution in [-0.2, 0) is 9.59 Å². The average molecular weight is 301 g/mol. The number of Topliss-reactive ketones (excluding diaryl/α,β-unsaturated/α-hetero) is 2. The van der Waals surface area contributed by atoms with Gasteiger partial charge in [0.2, 0.25) is 0 Å². The second kappa shape index (κ2) is 6.40. The highest BCUT2D eigenvalue weighted by atomic mass is 35.5. The van der Waals surface area contributed by atoms with Gasteiger partial charge in [0, 0.05) is 22.9 Å². The Kier molecular flexibility index (Phi) is 4.83. The molecule has 0 amide bonds. The highest BCUT2D eigenvalue weighted by molar-refractivity contribution is 6.34. The Balaban J connectivity index is 1.83. The number of rotatable bonds is 4. The number of halogens is 2. The first-order valence-corrected chi connectivity index (χ1v) is 6.91. The first kappa shape index (κ1) is 14.4. The van der Waals surface area contributed by atoms with Gasteiger partial charge < -0.3 is 4.74 Å². The molecule has 3 nitrogen and oxygen atoms in total. The van der Waals surface area contributed by atoms with Crippen molar-refractivity contribution in [1.82, 2.24) is 0 Å². The van der Waals surface area contributed by atoms with Crippen LogP contribution in [0, 0.1) is 5.92 Å². The zero-order chi connectivity index (χ0) is 13.8. The number of carbonyl (C=O) groups excluding carboxylic acids is 2. The van der Waals surface area contributed by atoms with Gasteiger partial charge in [-0.2, -0.15) is 0 Å². The Bertz CT molecular complexity index is 463. The molecule has 1 saturated carbocycles. The molecule has 0 heterocycles. The average Bonchev–Trinajstić information content (AvgIpc) is 2.26. The van der Waals surface area contributed by atoms with Crippen molar-refractivity contribution >= 4 is 34.8 Å². The third kappa shape index (κ3) is 4.51. The van der Waals surface area contributed by atoms with Gasteiger partial charge in [-0.25, -0.2) is 0 Å². The van der Waals surface area contributed by atoms with Crippen molar-refractivity contribution in [1.29, 1.82) is 0 Å². The summed E-state index contributed by atoms with van der Waals surface area (Å²) in [5.41, 5.74) is 0. The van der Waals surface area contributed by atoms with E-state index in [4.69, 9.17) is 27.9 Å². The van der Waals surface area contributed by atoms with E-state index in [1.165, 1.54) is 0 Å². The van der Waals surface area contributed by atoms with Gasteiger partial charge in [-0.15, -0.1) is 0 Å². The van der Waals surface area contributed by atoms with Gasteiger partial charge in [-0.3, -0.25) is 9.59 Å². The second-order valence-electron chi connectivity index (χ2n) is 4.77. The lowest BCUT2D eigenvalue weighted by molar-refractivity contribution is -0.131. The summed E-state index contributed by atoms with van der Waals surface area (Å²) >= 11 is 11.7. The minimum absolute atomic E-state index is 0.0343. The lowest BCUT2D eigenvalue weighted by Crippen LogP contribution is -2.23. The van der Waals surface area contributed by atoms with E-state index in [9.17, 15) is 9.59 Å². The molecular formula is C14H14Cl2O3. The van der Waals surface area contributed by atoms with Crippen molar-refractivity contribution < 1.29 is 14.3 Å². The number of benzene rings is 1. The van der Waals surface area contributed by atoms with Crippen molar-refractivity contribution in [2.24, 2.45) is 5.92 Å². The van der Waals surface area contributed by atoms with Crippen LogP contribution in [0.5, 0.6) is 5.75 Å². The van der Waals surface area contributed by atoms with Crippen LogP contribution in [0.2, 0.25) is 10.0 Å². The smallest absolute Gasteiger partial charge is 0.140 e. The highest BCUT2D eigenvalue weighted by Gasteiger charge is 2.25. The Morgan fingerprint density at radius 2 is 1.63 bits per heavy atom. The summed E-state index contributed by atoms with van der Waals surface area (Å²) < 4.78 is 5.55. The maximum Gasteiger partial charge on any atom is 0.140 e. The number of ketones is 2. The molecule has 0 unspecified atom stereocenters. The topological polar surface area (TPSA) is 43.4 Å². The summed E-state index contributed by atoms with van der Waals surface area (Å²) in [6, 6.07) is 5.00. The number of hydrogen-bond acceptors (Lipinski definition) is 3. The summed E-state index contributed by atoms with van der Waals surface area (Å²) in [7, 11) is 0. The summed E-state index contributed by atoms with van der Waals surface area (Å²) in [6.45, 7) is 0.446. The SMILES string of the molecule is O=C1CC(=O)CC(CCOc2cc(Cl)cc(Cl)c2)C1. The number of carbonyl (C=O) groups is 2. The van der Waals surface area contributed by atoms with Crippen LogP contribution < -0.4 is 4.74 Å². The maximum atomic E-state index is 11.3. The lowest BCUT2D eigenvalue weighted by Gasteiger charge is -2.19. The van der Waals surface area contributed by atoms with E-state index in [2.05, 4.69) is 0 Å². The molecule has 5 heteroatoms. The van der Waals surface area contributed by atoms with Crippen molar-refractivity contribution in [2.75, 3.05) is 6.61 Å². The van der Waals surface area contributed by atoms with E-state index in [1.54, 1.807) is 18.2 Å². The summed E-state index contributed by atoms with van der Waals surface area (Å²) in [5.74, 6) is 0.772. The molecule has 0 aromatic heterocycles. The van der Waals surface area contributed by atoms with Crippen LogP contribution in [0.15, 0.2) is 18.2 Å². The molecule has 1 fully saturated rings. The van der Waals surface area contributed by atoms with Crippen LogP contribution in [0.4, 0.5) is 0 Å². The first-order valence-electron chi connectivity index (χ1n) is 6.15. The highest BCUT2D eigenvalue weighted by Crippen LogP contribution is 2.26. The summed E-state index contributed by atoms with van der Waals surface area (Å²) in [5, 5.41) is 1.04. The molecule has 1 aliphatic carbocycles. The predicted octanol–water partition coefficient (Wildman–Crippen LogP) is 3.70. The van der Waals surface area contributed by atoms with Gasteiger partial charge >= 0.3 is 0 Å². The van der Waals surface area contributed by atoms with E-state index < -0.39 is 0 Å². The molecule has 1 aromatic carbocycles. The van der Waals surface area contributed by atoms with Gasteiger partial charge in [-0.1, -0.05) is 23.2 Å². The Morgan fingerprint density at radius 3 is 2.21 bits per heavy atom. The first-order chi connectivity index (χ1) is 9.02. The van der Waals surface area contributed by atoms with Crippen molar-refractivity contribution in [3.8, 4) is 5.75 Å². The third-order valence-electron chi connectivity index (χ3n) is 3.06. The number of hydrogen-bond donors (Lipinski definition) is 0. The quantitative estimate of drug-likeness (QED) is 0.796.